The normalized spacial score (nSPS) is 11.0. The van der Waals surface area contributed by atoms with Crippen molar-refractivity contribution < 1.29 is 27.6 Å². The molecule has 0 fully saturated rings. The van der Waals surface area contributed by atoms with Gasteiger partial charge in [0.15, 0.2) is 5.78 Å². The fourth-order valence-electron chi connectivity index (χ4n) is 3.06. The Kier molecular flexibility index (Phi) is 6.73. The van der Waals surface area contributed by atoms with Crippen LogP contribution in [-0.4, -0.2) is 36.1 Å². The van der Waals surface area contributed by atoms with E-state index in [2.05, 4.69) is 5.32 Å². The molecule has 32 heavy (non-hydrogen) atoms. The highest BCUT2D eigenvalue weighted by Crippen LogP contribution is 2.34. The average molecular weight is 440 g/mol. The predicted octanol–water partition coefficient (Wildman–Crippen LogP) is 4.65. The van der Waals surface area contributed by atoms with Gasteiger partial charge in [-0.1, -0.05) is 54.6 Å². The van der Waals surface area contributed by atoms with Crippen molar-refractivity contribution in [2.75, 3.05) is 18.9 Å². The summed E-state index contributed by atoms with van der Waals surface area (Å²) in [6.07, 6.45) is -4.62. The number of hydrogen-bond donors (Lipinski definition) is 1. The van der Waals surface area contributed by atoms with Gasteiger partial charge in [-0.25, -0.2) is 0 Å². The topological polar surface area (TPSA) is 66.5 Å². The summed E-state index contributed by atoms with van der Waals surface area (Å²) in [5.41, 5.74) is -0.201. The van der Waals surface area contributed by atoms with Gasteiger partial charge in [0, 0.05) is 23.7 Å². The number of nitrogens with one attached hydrogen (secondary N) is 1. The number of alkyl halides is 3. The van der Waals surface area contributed by atoms with Crippen molar-refractivity contribution in [3.8, 4) is 0 Å². The van der Waals surface area contributed by atoms with E-state index in [1.165, 1.54) is 43.4 Å². The molecular formula is C24H19F3N2O3. The van der Waals surface area contributed by atoms with Crippen LogP contribution in [0.5, 0.6) is 0 Å². The first-order chi connectivity index (χ1) is 15.2. The first-order valence-corrected chi connectivity index (χ1v) is 9.58. The lowest BCUT2D eigenvalue weighted by atomic mass is 10.0. The number of ketones is 1. The molecule has 0 heterocycles. The van der Waals surface area contributed by atoms with Crippen LogP contribution >= 0.6 is 0 Å². The van der Waals surface area contributed by atoms with E-state index in [9.17, 15) is 27.6 Å². The summed E-state index contributed by atoms with van der Waals surface area (Å²) >= 11 is 0. The van der Waals surface area contributed by atoms with E-state index in [4.69, 9.17) is 0 Å². The maximum Gasteiger partial charge on any atom is 0.418 e. The number of likely N-dealkylation sites (N-methyl/N-ethyl adjacent to an activating group) is 1. The van der Waals surface area contributed by atoms with E-state index >= 15 is 0 Å². The molecule has 164 valence electrons. The maximum absolute atomic E-state index is 13.1. The molecular weight excluding hydrogens is 421 g/mol. The van der Waals surface area contributed by atoms with E-state index < -0.39 is 30.1 Å². The largest absolute Gasteiger partial charge is 0.418 e. The van der Waals surface area contributed by atoms with Crippen molar-refractivity contribution in [2.24, 2.45) is 0 Å². The summed E-state index contributed by atoms with van der Waals surface area (Å²) in [6, 6.07) is 19.2. The number of benzene rings is 3. The fourth-order valence-corrected chi connectivity index (χ4v) is 3.06. The van der Waals surface area contributed by atoms with E-state index in [0.29, 0.717) is 11.1 Å². The van der Waals surface area contributed by atoms with E-state index in [1.807, 2.05) is 0 Å². The fraction of sp³-hybridized carbons (Fsp3) is 0.125. The van der Waals surface area contributed by atoms with Crippen molar-refractivity contribution >= 4 is 23.3 Å². The first kappa shape index (κ1) is 22.7. The van der Waals surface area contributed by atoms with Gasteiger partial charge in [0.1, 0.15) is 0 Å². The second-order valence-electron chi connectivity index (χ2n) is 7.03. The van der Waals surface area contributed by atoms with Gasteiger partial charge in [-0.05, 0) is 24.3 Å². The summed E-state index contributed by atoms with van der Waals surface area (Å²) in [4.78, 5) is 38.3. The highest BCUT2D eigenvalue weighted by molar-refractivity contribution is 6.09. The van der Waals surface area contributed by atoms with E-state index in [1.54, 1.807) is 30.3 Å². The van der Waals surface area contributed by atoms with Crippen LogP contribution in [0.25, 0.3) is 0 Å². The summed E-state index contributed by atoms with van der Waals surface area (Å²) in [5, 5.41) is 2.20. The molecule has 5 nitrogen and oxygen atoms in total. The monoisotopic (exact) mass is 440 g/mol. The Morgan fingerprint density at radius 1 is 0.781 bits per heavy atom. The molecule has 0 aliphatic rings. The number of anilines is 1. The number of carbonyl (C=O) groups excluding carboxylic acids is 3. The number of carbonyl (C=O) groups is 3. The summed E-state index contributed by atoms with van der Waals surface area (Å²) < 4.78 is 39.2. The van der Waals surface area contributed by atoms with Gasteiger partial charge in [0.2, 0.25) is 5.91 Å². The van der Waals surface area contributed by atoms with Crippen molar-refractivity contribution in [1.29, 1.82) is 0 Å². The van der Waals surface area contributed by atoms with Crippen LogP contribution in [-0.2, 0) is 11.0 Å². The number of amides is 2. The summed E-state index contributed by atoms with van der Waals surface area (Å²) in [5.74, 6) is -1.47. The van der Waals surface area contributed by atoms with Gasteiger partial charge in [0.05, 0.1) is 17.8 Å². The molecule has 3 aromatic carbocycles. The summed E-state index contributed by atoms with van der Waals surface area (Å²) in [6.45, 7) is -0.449. The lowest BCUT2D eigenvalue weighted by Gasteiger charge is -2.18. The van der Waals surface area contributed by atoms with Crippen LogP contribution in [0.2, 0.25) is 0 Å². The van der Waals surface area contributed by atoms with Gasteiger partial charge < -0.3 is 10.2 Å². The Labute approximate surface area is 182 Å². The molecule has 0 aliphatic heterocycles. The number of rotatable bonds is 6. The number of nitrogens with zero attached hydrogens (tertiary/aromatic N) is 1. The Bertz CT molecular complexity index is 1130. The first-order valence-electron chi connectivity index (χ1n) is 9.58. The number of para-hydroxylation sites is 1. The van der Waals surface area contributed by atoms with Crippen molar-refractivity contribution in [3.05, 3.63) is 101 Å². The van der Waals surface area contributed by atoms with Gasteiger partial charge >= 0.3 is 6.18 Å². The summed E-state index contributed by atoms with van der Waals surface area (Å²) in [7, 11) is 1.36. The Hall–Kier alpha value is -3.94. The van der Waals surface area contributed by atoms with Crippen molar-refractivity contribution in [2.45, 2.75) is 6.18 Å². The zero-order valence-corrected chi connectivity index (χ0v) is 17.0. The molecule has 0 aliphatic carbocycles. The minimum Gasteiger partial charge on any atom is -0.332 e. The third-order valence-corrected chi connectivity index (χ3v) is 4.66. The Morgan fingerprint density at radius 2 is 1.31 bits per heavy atom. The lowest BCUT2D eigenvalue weighted by Crippen LogP contribution is -2.35. The number of halogens is 3. The van der Waals surface area contributed by atoms with Gasteiger partial charge in [-0.2, -0.15) is 13.2 Å². The third-order valence-electron chi connectivity index (χ3n) is 4.66. The molecule has 0 atom stereocenters. The molecule has 0 bridgehead atoms. The Balaban J connectivity index is 1.65. The number of hydrogen-bond acceptors (Lipinski definition) is 3. The second-order valence-corrected chi connectivity index (χ2v) is 7.03. The van der Waals surface area contributed by atoms with Crippen LogP contribution in [0.15, 0.2) is 78.9 Å². The van der Waals surface area contributed by atoms with Gasteiger partial charge in [-0.3, -0.25) is 14.4 Å². The molecule has 1 N–H and O–H groups in total. The van der Waals surface area contributed by atoms with Gasteiger partial charge in [-0.15, -0.1) is 0 Å². The third kappa shape index (κ3) is 5.40. The van der Waals surface area contributed by atoms with Crippen LogP contribution in [0, 0.1) is 0 Å². The molecule has 3 rings (SSSR count). The van der Waals surface area contributed by atoms with Crippen molar-refractivity contribution in [1.82, 2.24) is 4.90 Å². The second kappa shape index (κ2) is 9.47. The van der Waals surface area contributed by atoms with Crippen molar-refractivity contribution in [3.63, 3.8) is 0 Å². The molecule has 0 saturated carbocycles. The zero-order chi connectivity index (χ0) is 23.3. The minimum atomic E-state index is -4.62. The quantitative estimate of drug-likeness (QED) is 0.568. The van der Waals surface area contributed by atoms with E-state index in [0.717, 1.165) is 17.0 Å². The minimum absolute atomic E-state index is 0.194. The smallest absolute Gasteiger partial charge is 0.332 e. The highest BCUT2D eigenvalue weighted by atomic mass is 19.4. The highest BCUT2D eigenvalue weighted by Gasteiger charge is 2.33. The van der Waals surface area contributed by atoms with E-state index in [-0.39, 0.29) is 17.0 Å². The average Bonchev–Trinajstić information content (AvgIpc) is 2.78. The van der Waals surface area contributed by atoms with Gasteiger partial charge in [0.25, 0.3) is 5.91 Å². The molecule has 0 radical (unpaired) electrons. The Morgan fingerprint density at radius 3 is 1.94 bits per heavy atom. The molecule has 0 aromatic heterocycles. The molecule has 0 saturated heterocycles. The maximum atomic E-state index is 13.1. The predicted molar refractivity (Wildman–Crippen MR) is 113 cm³/mol. The lowest BCUT2D eigenvalue weighted by molar-refractivity contribution is -0.137. The zero-order valence-electron chi connectivity index (χ0n) is 17.0. The molecule has 0 spiro atoms. The molecule has 8 heteroatoms. The van der Waals surface area contributed by atoms with Crippen LogP contribution in [0.3, 0.4) is 0 Å². The van der Waals surface area contributed by atoms with Crippen LogP contribution in [0.1, 0.15) is 31.8 Å². The van der Waals surface area contributed by atoms with Crippen LogP contribution < -0.4 is 5.32 Å². The van der Waals surface area contributed by atoms with Crippen LogP contribution in [0.4, 0.5) is 18.9 Å². The molecule has 3 aromatic rings. The molecule has 0 unspecified atom stereocenters. The molecule has 2 amide bonds. The SMILES string of the molecule is CN(CC(=O)Nc1ccccc1C(F)(F)F)C(=O)c1ccc(C(=O)c2ccccc2)cc1. The standard InChI is InChI=1S/C24H19F3N2O3/c1-29(15-21(30)28-20-10-6-5-9-19(20)24(25,26)27)23(32)18-13-11-17(12-14-18)22(31)16-7-3-2-4-8-16/h2-14H,15H2,1H3,(H,28,30).